The van der Waals surface area contributed by atoms with E-state index in [1.54, 1.807) is 0 Å². The summed E-state index contributed by atoms with van der Waals surface area (Å²) < 4.78 is 10.7. The Morgan fingerprint density at radius 3 is 2.78 bits per heavy atom. The van der Waals surface area contributed by atoms with Crippen molar-refractivity contribution in [3.05, 3.63) is 11.7 Å². The Hall–Kier alpha value is -0.940. The topological polar surface area (TPSA) is 74.2 Å². The normalized spacial score (nSPS) is 19.0. The molecule has 1 aromatic rings. The van der Waals surface area contributed by atoms with Gasteiger partial charge in [-0.1, -0.05) is 24.4 Å². The molecule has 102 valence electrons. The summed E-state index contributed by atoms with van der Waals surface area (Å²) in [5.41, 5.74) is 5.87. The maximum Gasteiger partial charge on any atom is 0.234 e. The van der Waals surface area contributed by atoms with Gasteiger partial charge in [0.25, 0.3) is 0 Å². The van der Waals surface area contributed by atoms with Gasteiger partial charge in [0.2, 0.25) is 5.89 Å². The molecule has 0 saturated heterocycles. The molecule has 0 radical (unpaired) electrons. The molecule has 0 bridgehead atoms. The van der Waals surface area contributed by atoms with Gasteiger partial charge in [0.15, 0.2) is 5.82 Å². The van der Waals surface area contributed by atoms with Gasteiger partial charge in [-0.25, -0.2) is 0 Å². The standard InChI is InChI=1S/C13H23N3O2/c1-2-17-9-6-11-15-12(18-16-11)13(10-14)7-4-3-5-8-13/h2-10,14H2,1H3. The molecule has 0 aliphatic heterocycles. The van der Waals surface area contributed by atoms with Crippen molar-refractivity contribution in [1.82, 2.24) is 10.1 Å². The predicted molar refractivity (Wildman–Crippen MR) is 68.3 cm³/mol. The van der Waals surface area contributed by atoms with Crippen LogP contribution < -0.4 is 5.73 Å². The second kappa shape index (κ2) is 6.29. The summed E-state index contributed by atoms with van der Waals surface area (Å²) in [7, 11) is 0. The summed E-state index contributed by atoms with van der Waals surface area (Å²) in [4.78, 5) is 4.51. The van der Waals surface area contributed by atoms with Crippen LogP contribution in [0.5, 0.6) is 0 Å². The van der Waals surface area contributed by atoms with Crippen LogP contribution in [0.15, 0.2) is 4.52 Å². The zero-order chi connectivity index (χ0) is 12.8. The van der Waals surface area contributed by atoms with Crippen LogP contribution >= 0.6 is 0 Å². The molecule has 2 rings (SSSR count). The summed E-state index contributed by atoms with van der Waals surface area (Å²) in [5, 5.41) is 4.03. The number of nitrogens with two attached hydrogens (primary N) is 1. The van der Waals surface area contributed by atoms with E-state index >= 15 is 0 Å². The molecule has 1 saturated carbocycles. The smallest absolute Gasteiger partial charge is 0.234 e. The minimum Gasteiger partial charge on any atom is -0.381 e. The average Bonchev–Trinajstić information content (AvgIpc) is 2.89. The second-order valence-electron chi connectivity index (χ2n) is 5.01. The maximum absolute atomic E-state index is 5.95. The molecule has 1 heterocycles. The summed E-state index contributed by atoms with van der Waals surface area (Å²) in [6, 6.07) is 0. The van der Waals surface area contributed by atoms with E-state index in [4.69, 9.17) is 15.0 Å². The van der Waals surface area contributed by atoms with Crippen LogP contribution in [0.3, 0.4) is 0 Å². The van der Waals surface area contributed by atoms with Gasteiger partial charge in [-0.2, -0.15) is 4.98 Å². The molecule has 18 heavy (non-hydrogen) atoms. The van der Waals surface area contributed by atoms with Crippen LogP contribution in [0.2, 0.25) is 0 Å². The summed E-state index contributed by atoms with van der Waals surface area (Å²) in [6.45, 7) is 3.94. The highest BCUT2D eigenvalue weighted by Crippen LogP contribution is 2.37. The summed E-state index contributed by atoms with van der Waals surface area (Å²) in [5.74, 6) is 1.47. The highest BCUT2D eigenvalue weighted by atomic mass is 16.5. The molecular formula is C13H23N3O2. The van der Waals surface area contributed by atoms with Gasteiger partial charge in [-0.05, 0) is 19.8 Å². The number of hydrogen-bond donors (Lipinski definition) is 1. The fourth-order valence-corrected chi connectivity index (χ4v) is 2.61. The van der Waals surface area contributed by atoms with Gasteiger partial charge >= 0.3 is 0 Å². The maximum atomic E-state index is 5.95. The van der Waals surface area contributed by atoms with Gasteiger partial charge in [-0.15, -0.1) is 0 Å². The Morgan fingerprint density at radius 2 is 2.11 bits per heavy atom. The highest BCUT2D eigenvalue weighted by molar-refractivity contribution is 5.08. The van der Waals surface area contributed by atoms with Crippen molar-refractivity contribution < 1.29 is 9.26 Å². The van der Waals surface area contributed by atoms with Crippen LogP contribution in [0.25, 0.3) is 0 Å². The third-order valence-electron chi connectivity index (χ3n) is 3.80. The van der Waals surface area contributed by atoms with E-state index in [0.29, 0.717) is 19.6 Å². The van der Waals surface area contributed by atoms with E-state index in [1.165, 1.54) is 19.3 Å². The Morgan fingerprint density at radius 1 is 1.33 bits per heavy atom. The molecule has 2 N–H and O–H groups in total. The quantitative estimate of drug-likeness (QED) is 0.783. The molecule has 0 spiro atoms. The molecule has 1 fully saturated rings. The van der Waals surface area contributed by atoms with Crippen molar-refractivity contribution in [2.45, 2.75) is 50.9 Å². The molecule has 1 aliphatic rings. The first kappa shape index (κ1) is 13.5. The predicted octanol–water partition coefficient (Wildman–Crippen LogP) is 1.81. The summed E-state index contributed by atoms with van der Waals surface area (Å²) >= 11 is 0. The Labute approximate surface area is 108 Å². The molecule has 1 aliphatic carbocycles. The first-order valence-corrected chi connectivity index (χ1v) is 6.91. The third kappa shape index (κ3) is 2.90. The van der Waals surface area contributed by atoms with Crippen molar-refractivity contribution in [2.24, 2.45) is 5.73 Å². The molecule has 0 amide bonds. The number of nitrogens with zero attached hydrogens (tertiary/aromatic N) is 2. The van der Waals surface area contributed by atoms with E-state index in [1.807, 2.05) is 6.92 Å². The van der Waals surface area contributed by atoms with Gasteiger partial charge in [0.05, 0.1) is 12.0 Å². The van der Waals surface area contributed by atoms with Crippen molar-refractivity contribution in [2.75, 3.05) is 19.8 Å². The lowest BCUT2D eigenvalue weighted by molar-refractivity contribution is 0.149. The van der Waals surface area contributed by atoms with Gasteiger partial charge < -0.3 is 15.0 Å². The lowest BCUT2D eigenvalue weighted by Gasteiger charge is -2.32. The van der Waals surface area contributed by atoms with Crippen molar-refractivity contribution in [3.8, 4) is 0 Å². The fraction of sp³-hybridized carbons (Fsp3) is 0.846. The van der Waals surface area contributed by atoms with Crippen LogP contribution in [-0.2, 0) is 16.6 Å². The number of ether oxygens (including phenoxy) is 1. The van der Waals surface area contributed by atoms with E-state index in [2.05, 4.69) is 10.1 Å². The monoisotopic (exact) mass is 253 g/mol. The van der Waals surface area contributed by atoms with Crippen LogP contribution in [0.1, 0.15) is 50.7 Å². The number of rotatable bonds is 6. The summed E-state index contributed by atoms with van der Waals surface area (Å²) in [6.07, 6.45) is 6.53. The largest absolute Gasteiger partial charge is 0.381 e. The highest BCUT2D eigenvalue weighted by Gasteiger charge is 2.37. The number of aromatic nitrogens is 2. The van der Waals surface area contributed by atoms with Gasteiger partial charge in [-0.3, -0.25) is 0 Å². The average molecular weight is 253 g/mol. The van der Waals surface area contributed by atoms with Crippen molar-refractivity contribution in [1.29, 1.82) is 0 Å². The molecule has 0 aromatic carbocycles. The van der Waals surface area contributed by atoms with Gasteiger partial charge in [0, 0.05) is 19.6 Å². The van der Waals surface area contributed by atoms with Crippen LogP contribution in [-0.4, -0.2) is 29.9 Å². The molecule has 5 heteroatoms. The first-order valence-electron chi connectivity index (χ1n) is 6.91. The lowest BCUT2D eigenvalue weighted by Crippen LogP contribution is -2.37. The minimum atomic E-state index is -0.0743. The minimum absolute atomic E-state index is 0.0743. The molecule has 0 unspecified atom stereocenters. The number of hydrogen-bond acceptors (Lipinski definition) is 5. The van der Waals surface area contributed by atoms with Crippen molar-refractivity contribution >= 4 is 0 Å². The Balaban J connectivity index is 2.02. The Bertz CT molecular complexity index is 359. The van der Waals surface area contributed by atoms with E-state index in [0.717, 1.165) is 31.2 Å². The fourth-order valence-electron chi connectivity index (χ4n) is 2.61. The van der Waals surface area contributed by atoms with E-state index < -0.39 is 0 Å². The zero-order valence-corrected chi connectivity index (χ0v) is 11.2. The van der Waals surface area contributed by atoms with Crippen molar-refractivity contribution in [3.63, 3.8) is 0 Å². The SMILES string of the molecule is CCOCCc1noc(C2(CN)CCCCC2)n1. The molecule has 5 nitrogen and oxygen atoms in total. The van der Waals surface area contributed by atoms with Gasteiger partial charge in [0.1, 0.15) is 0 Å². The Kier molecular flexibility index (Phi) is 4.72. The van der Waals surface area contributed by atoms with E-state index in [9.17, 15) is 0 Å². The molecule has 0 atom stereocenters. The lowest BCUT2D eigenvalue weighted by atomic mass is 9.74. The zero-order valence-electron chi connectivity index (χ0n) is 11.2. The van der Waals surface area contributed by atoms with Crippen LogP contribution in [0.4, 0.5) is 0 Å². The van der Waals surface area contributed by atoms with Crippen LogP contribution in [0, 0.1) is 0 Å². The second-order valence-corrected chi connectivity index (χ2v) is 5.01. The first-order chi connectivity index (χ1) is 8.80. The van der Waals surface area contributed by atoms with E-state index in [-0.39, 0.29) is 5.41 Å². The molecular weight excluding hydrogens is 230 g/mol. The third-order valence-corrected chi connectivity index (χ3v) is 3.80. The molecule has 1 aromatic heterocycles.